The van der Waals surface area contributed by atoms with Gasteiger partial charge in [-0.2, -0.15) is 0 Å². The molecule has 1 rings (SSSR count). The van der Waals surface area contributed by atoms with Crippen molar-refractivity contribution in [3.8, 4) is 0 Å². The van der Waals surface area contributed by atoms with Crippen LogP contribution < -0.4 is 11.1 Å². The van der Waals surface area contributed by atoms with Crippen molar-refractivity contribution in [1.82, 2.24) is 5.32 Å². The summed E-state index contributed by atoms with van der Waals surface area (Å²) in [5.41, 5.74) is 5.69. The van der Waals surface area contributed by atoms with E-state index in [4.69, 9.17) is 5.73 Å². The highest BCUT2D eigenvalue weighted by Crippen LogP contribution is 2.30. The highest BCUT2D eigenvalue weighted by molar-refractivity contribution is 5.86. The van der Waals surface area contributed by atoms with Crippen molar-refractivity contribution >= 4 is 5.91 Å². The number of nitrogens with two attached hydrogens (primary N) is 1. The first-order valence-corrected chi connectivity index (χ1v) is 7.52. The first-order chi connectivity index (χ1) is 8.42. The van der Waals surface area contributed by atoms with Crippen molar-refractivity contribution in [2.75, 3.05) is 0 Å². The number of carbonyl (C=O) groups is 1. The molecule has 1 aliphatic rings. The Hall–Kier alpha value is -0.570. The molecule has 0 aliphatic heterocycles. The van der Waals surface area contributed by atoms with Crippen LogP contribution in [0.25, 0.3) is 0 Å². The Morgan fingerprint density at radius 3 is 2.56 bits per heavy atom. The summed E-state index contributed by atoms with van der Waals surface area (Å²) in [5.74, 6) is 1.19. The summed E-state index contributed by atoms with van der Waals surface area (Å²) >= 11 is 0. The third kappa shape index (κ3) is 3.71. The molecular formula is C15H30N2O. The van der Waals surface area contributed by atoms with Crippen LogP contribution in [0.4, 0.5) is 0 Å². The van der Waals surface area contributed by atoms with Crippen molar-refractivity contribution in [1.29, 1.82) is 0 Å². The minimum Gasteiger partial charge on any atom is -0.352 e. The van der Waals surface area contributed by atoms with Crippen LogP contribution in [0, 0.1) is 11.8 Å². The van der Waals surface area contributed by atoms with E-state index in [1.54, 1.807) is 0 Å². The number of amides is 1. The van der Waals surface area contributed by atoms with E-state index >= 15 is 0 Å². The fourth-order valence-electron chi connectivity index (χ4n) is 3.26. The van der Waals surface area contributed by atoms with Gasteiger partial charge in [0.05, 0.1) is 5.54 Å². The van der Waals surface area contributed by atoms with Gasteiger partial charge in [0.2, 0.25) is 5.91 Å². The number of hydrogen-bond donors (Lipinski definition) is 2. The van der Waals surface area contributed by atoms with E-state index in [1.807, 2.05) is 0 Å². The molecule has 18 heavy (non-hydrogen) atoms. The van der Waals surface area contributed by atoms with E-state index in [2.05, 4.69) is 33.0 Å². The Kier molecular flexibility index (Phi) is 5.64. The summed E-state index contributed by atoms with van der Waals surface area (Å²) in [6.45, 7) is 8.65. The smallest absolute Gasteiger partial charge is 0.240 e. The minimum atomic E-state index is -0.627. The lowest BCUT2D eigenvalue weighted by molar-refractivity contribution is -0.129. The molecule has 0 aromatic carbocycles. The minimum absolute atomic E-state index is 0.0634. The fourth-order valence-corrected chi connectivity index (χ4v) is 3.26. The van der Waals surface area contributed by atoms with Crippen LogP contribution >= 0.6 is 0 Å². The summed E-state index contributed by atoms with van der Waals surface area (Å²) in [4.78, 5) is 12.4. The van der Waals surface area contributed by atoms with Gasteiger partial charge >= 0.3 is 0 Å². The quantitative estimate of drug-likeness (QED) is 0.792. The Balaban J connectivity index is 2.58. The first kappa shape index (κ1) is 15.5. The molecular weight excluding hydrogens is 224 g/mol. The maximum Gasteiger partial charge on any atom is 0.240 e. The van der Waals surface area contributed by atoms with Crippen LogP contribution in [-0.2, 0) is 4.79 Å². The normalized spacial score (nSPS) is 30.2. The molecule has 0 bridgehead atoms. The van der Waals surface area contributed by atoms with Crippen molar-refractivity contribution in [3.05, 3.63) is 0 Å². The van der Waals surface area contributed by atoms with Crippen LogP contribution in [0.3, 0.4) is 0 Å². The topological polar surface area (TPSA) is 55.1 Å². The molecule has 1 amide bonds. The molecule has 3 nitrogen and oxygen atoms in total. The molecule has 0 aromatic heterocycles. The highest BCUT2D eigenvalue weighted by atomic mass is 16.2. The zero-order valence-corrected chi connectivity index (χ0v) is 12.5. The summed E-state index contributed by atoms with van der Waals surface area (Å²) in [5, 5.41) is 3.15. The summed E-state index contributed by atoms with van der Waals surface area (Å²) in [7, 11) is 0. The Labute approximate surface area is 112 Å². The van der Waals surface area contributed by atoms with Gasteiger partial charge in [-0.1, -0.05) is 46.5 Å². The van der Waals surface area contributed by atoms with Crippen LogP contribution in [0.2, 0.25) is 0 Å². The van der Waals surface area contributed by atoms with Crippen LogP contribution in [0.15, 0.2) is 0 Å². The standard InChI is InChI=1S/C15H30N2O/c1-5-13(6-2)12(4)17-14(18)15(16)9-7-8-11(3)10-15/h11-13H,5-10,16H2,1-4H3,(H,17,18). The second-order valence-electron chi connectivity index (χ2n) is 6.20. The van der Waals surface area contributed by atoms with Gasteiger partial charge in [-0.05, 0) is 31.6 Å². The van der Waals surface area contributed by atoms with Gasteiger partial charge in [-0.25, -0.2) is 0 Å². The molecule has 1 saturated carbocycles. The van der Waals surface area contributed by atoms with Gasteiger partial charge in [0.1, 0.15) is 0 Å². The number of hydrogen-bond acceptors (Lipinski definition) is 2. The van der Waals surface area contributed by atoms with E-state index in [9.17, 15) is 4.79 Å². The second-order valence-corrected chi connectivity index (χ2v) is 6.20. The molecule has 0 radical (unpaired) electrons. The van der Waals surface area contributed by atoms with Crippen LogP contribution in [-0.4, -0.2) is 17.5 Å². The third-order valence-corrected chi connectivity index (χ3v) is 4.60. The van der Waals surface area contributed by atoms with Crippen LogP contribution in [0.1, 0.15) is 66.2 Å². The van der Waals surface area contributed by atoms with E-state index in [0.29, 0.717) is 11.8 Å². The summed E-state index contributed by atoms with van der Waals surface area (Å²) in [6, 6.07) is 0.227. The van der Waals surface area contributed by atoms with Gasteiger partial charge in [-0.3, -0.25) is 4.79 Å². The largest absolute Gasteiger partial charge is 0.352 e. The highest BCUT2D eigenvalue weighted by Gasteiger charge is 2.38. The lowest BCUT2D eigenvalue weighted by atomic mass is 9.76. The molecule has 0 heterocycles. The van der Waals surface area contributed by atoms with E-state index < -0.39 is 5.54 Å². The Morgan fingerprint density at radius 1 is 1.44 bits per heavy atom. The monoisotopic (exact) mass is 254 g/mol. The predicted octanol–water partition coefficient (Wildman–Crippen LogP) is 2.83. The summed E-state index contributed by atoms with van der Waals surface area (Å²) < 4.78 is 0. The molecule has 1 fully saturated rings. The number of rotatable bonds is 5. The molecule has 3 atom stereocenters. The number of carbonyl (C=O) groups excluding carboxylic acids is 1. The lowest BCUT2D eigenvalue weighted by Crippen LogP contribution is -2.58. The maximum absolute atomic E-state index is 12.4. The van der Waals surface area contributed by atoms with Gasteiger partial charge < -0.3 is 11.1 Å². The lowest BCUT2D eigenvalue weighted by Gasteiger charge is -2.37. The molecule has 3 unspecified atom stereocenters. The molecule has 0 spiro atoms. The fraction of sp³-hybridized carbons (Fsp3) is 0.933. The van der Waals surface area contributed by atoms with Crippen LogP contribution in [0.5, 0.6) is 0 Å². The Bertz CT molecular complexity index is 276. The average molecular weight is 254 g/mol. The van der Waals surface area contributed by atoms with Crippen molar-refractivity contribution in [2.24, 2.45) is 17.6 Å². The molecule has 106 valence electrons. The molecule has 3 N–H and O–H groups in total. The molecule has 3 heteroatoms. The zero-order valence-electron chi connectivity index (χ0n) is 12.5. The maximum atomic E-state index is 12.4. The molecule has 1 aliphatic carbocycles. The first-order valence-electron chi connectivity index (χ1n) is 7.52. The van der Waals surface area contributed by atoms with Crippen molar-refractivity contribution < 1.29 is 4.79 Å². The molecule has 0 saturated heterocycles. The van der Waals surface area contributed by atoms with E-state index in [-0.39, 0.29) is 11.9 Å². The summed E-state index contributed by atoms with van der Waals surface area (Å²) in [6.07, 6.45) is 6.14. The molecule has 0 aromatic rings. The van der Waals surface area contributed by atoms with Gasteiger partial charge in [0.25, 0.3) is 0 Å². The Morgan fingerprint density at radius 2 is 2.06 bits per heavy atom. The van der Waals surface area contributed by atoms with Gasteiger partial charge in [0, 0.05) is 6.04 Å². The van der Waals surface area contributed by atoms with E-state index in [1.165, 1.54) is 6.42 Å². The van der Waals surface area contributed by atoms with E-state index in [0.717, 1.165) is 32.1 Å². The van der Waals surface area contributed by atoms with Crippen molar-refractivity contribution in [2.45, 2.75) is 77.8 Å². The van der Waals surface area contributed by atoms with Crippen molar-refractivity contribution in [3.63, 3.8) is 0 Å². The second kappa shape index (κ2) is 6.55. The zero-order chi connectivity index (χ0) is 13.8. The SMILES string of the molecule is CCC(CC)C(C)NC(=O)C1(N)CCCC(C)C1. The van der Waals surface area contributed by atoms with Gasteiger partial charge in [0.15, 0.2) is 0 Å². The van der Waals surface area contributed by atoms with Gasteiger partial charge in [-0.15, -0.1) is 0 Å². The third-order valence-electron chi connectivity index (χ3n) is 4.60. The predicted molar refractivity (Wildman–Crippen MR) is 76.2 cm³/mol. The average Bonchev–Trinajstić information content (AvgIpc) is 2.30. The number of nitrogens with one attached hydrogen (secondary N) is 1.